The molecule has 0 N–H and O–H groups in total. The molecule has 0 saturated heterocycles. The summed E-state index contributed by atoms with van der Waals surface area (Å²) in [7, 11) is 0. The lowest BCUT2D eigenvalue weighted by Gasteiger charge is -2.24. The number of halogens is 12. The van der Waals surface area contributed by atoms with Gasteiger partial charge in [-0.05, 0) is 113 Å². The number of alkyl halides is 3. The first kappa shape index (κ1) is 70.3. The van der Waals surface area contributed by atoms with Crippen LogP contribution in [0.15, 0.2) is 135 Å². The van der Waals surface area contributed by atoms with Crippen molar-refractivity contribution < 1.29 is 96.0 Å². The smallest absolute Gasteiger partial charge is 0.416 e. The van der Waals surface area contributed by atoms with Crippen LogP contribution in [-0.2, 0) is 15.7 Å². The zero-order valence-electron chi connectivity index (χ0n) is 53.7. The Hall–Kier alpha value is -13.2. The van der Waals surface area contributed by atoms with Gasteiger partial charge in [-0.25, -0.2) is 27.2 Å². The monoisotopic (exact) mass is 1470 g/mol. The summed E-state index contributed by atoms with van der Waals surface area (Å²) in [5, 5.41) is 19.3. The van der Waals surface area contributed by atoms with Crippen molar-refractivity contribution in [2.24, 2.45) is 0 Å². The van der Waals surface area contributed by atoms with Gasteiger partial charge in [0.2, 0.25) is 34.1 Å². The van der Waals surface area contributed by atoms with E-state index in [9.17, 15) is 92.0 Å². The molecule has 0 spiro atoms. The molecule has 105 heavy (non-hydrogen) atoms. The molecule has 0 amide bonds. The number of ketones is 1. The highest BCUT2D eigenvalue weighted by atomic mass is 35.5. The number of fused-ring (bicyclic) bond motifs is 8. The SMILES string of the molecule is CCOC(=O)c1cn2c3c(c(F)c(F)cc3c1=O)Oc1cc(C(C)=O)ccc1-2.CCOC(=O)c1cn2c3c(c(F)c(F)cc3c1=O)Oc1cc([N+](=O)[O-])c(Cl)cc1-2.Cc1cn2c3c(c(F)c(F)cc3c1=O)Oc1cc(C#N)ccc1-2.Cc1cn2c3c(c(F)c(F)cc3c1=O)Oc1cc(C(F)(F)F)ccc1-2. The topological polar surface area (TPSA) is 262 Å². The Morgan fingerprint density at radius 1 is 0.514 bits per heavy atom. The molecular formula is C72H38ClF11N6O15. The summed E-state index contributed by atoms with van der Waals surface area (Å²) in [6, 6.07) is 19.0. The minimum atomic E-state index is -4.62. The summed E-state index contributed by atoms with van der Waals surface area (Å²) in [4.78, 5) is 96.3. The number of nitro groups is 1. The second-order valence-electron chi connectivity index (χ2n) is 23.2. The number of nitriles is 1. The van der Waals surface area contributed by atoms with Crippen molar-refractivity contribution in [2.45, 2.75) is 40.8 Å². The number of hydrogen-bond donors (Lipinski definition) is 0. The Labute approximate surface area is 582 Å². The number of aryl methyl sites for hydroxylation is 2. The van der Waals surface area contributed by atoms with Crippen LogP contribution >= 0.6 is 11.6 Å². The van der Waals surface area contributed by atoms with E-state index in [0.717, 1.165) is 48.7 Å². The first-order chi connectivity index (χ1) is 49.8. The number of aromatic nitrogens is 4. The first-order valence-corrected chi connectivity index (χ1v) is 30.8. The number of nitrogens with zero attached hydrogens (tertiary/aromatic N) is 6. The molecule has 21 nitrogen and oxygen atoms in total. The van der Waals surface area contributed by atoms with E-state index in [1.807, 2.05) is 6.07 Å². The number of benzene rings is 8. The molecule has 16 rings (SSSR count). The maximum Gasteiger partial charge on any atom is 0.416 e. The fourth-order valence-corrected chi connectivity index (χ4v) is 12.2. The van der Waals surface area contributed by atoms with Gasteiger partial charge in [0.25, 0.3) is 5.69 Å². The number of Topliss-reactive ketones (excluding diaryl/α,β-unsaturated/α-hetero) is 1. The minimum Gasteiger partial charge on any atom is -0.462 e. The molecule has 33 heteroatoms. The molecule has 0 saturated carbocycles. The lowest BCUT2D eigenvalue weighted by atomic mass is 10.1. The van der Waals surface area contributed by atoms with Gasteiger partial charge in [-0.15, -0.1) is 0 Å². The summed E-state index contributed by atoms with van der Waals surface area (Å²) < 4.78 is 189. The van der Waals surface area contributed by atoms with Crippen LogP contribution in [-0.4, -0.2) is 54.1 Å². The van der Waals surface area contributed by atoms with Crippen LogP contribution in [0.25, 0.3) is 66.4 Å². The molecule has 4 aliphatic heterocycles. The summed E-state index contributed by atoms with van der Waals surface area (Å²) in [5.74, 6) is -14.7. The standard InChI is InChI=1S/C20H13F2NO5.C18H9ClF2N2O6.C17H8F5NO2.C17H8F2N2O2/c1-3-27-20(26)12-8-23-14-5-4-10(9(2)24)6-15(14)28-19-16(22)13(21)7-11(17(19)23)18(12)25;1-2-28-18(25)8-6-22-12-4-9(19)11(23(26)27)5-13(12)29-17-14(21)10(20)3-7(15(17)22)16(8)24;1-7-6-23-11-3-2-8(17(20,21)22)4-12(11)25-16-13(19)10(18)5-9(14(16)23)15(7)24;1-8-7-21-12-3-2-9(6-20)4-13(12)23-17-14(19)11(18)5-10(15(17)21)16(8)22/h4-8H,3H2,1-2H3;3-6H,2H2,1H3;2-6H,1H3;2-5,7H,1H3. The minimum absolute atomic E-state index is 0.0139. The Bertz CT molecular complexity index is 6290. The van der Waals surface area contributed by atoms with Gasteiger partial charge in [-0.3, -0.25) is 34.1 Å². The zero-order chi connectivity index (χ0) is 75.6. The van der Waals surface area contributed by atoms with Crippen molar-refractivity contribution in [3.63, 3.8) is 0 Å². The maximum absolute atomic E-state index is 14.4. The molecular weight excluding hydrogens is 1430 g/mol. The van der Waals surface area contributed by atoms with Gasteiger partial charge < -0.3 is 46.7 Å². The van der Waals surface area contributed by atoms with E-state index in [0.29, 0.717) is 40.2 Å². The van der Waals surface area contributed by atoms with E-state index < -0.39 is 120 Å². The van der Waals surface area contributed by atoms with Crippen LogP contribution in [0.2, 0.25) is 5.02 Å². The van der Waals surface area contributed by atoms with E-state index in [1.165, 1.54) is 71.1 Å². The summed E-state index contributed by atoms with van der Waals surface area (Å²) in [6.45, 7) is 7.58. The normalized spacial score (nSPS) is 12.0. The Balaban J connectivity index is 0.000000125. The molecule has 0 atom stereocenters. The molecule has 530 valence electrons. The van der Waals surface area contributed by atoms with Gasteiger partial charge in [-0.1, -0.05) is 11.6 Å². The quantitative estimate of drug-likeness (QED) is 0.0492. The molecule has 0 fully saturated rings. The highest BCUT2D eigenvalue weighted by Crippen LogP contribution is 2.49. The van der Waals surface area contributed by atoms with Crippen LogP contribution in [0.3, 0.4) is 0 Å². The average molecular weight is 1470 g/mol. The molecule has 4 aliphatic rings. The number of nitro benzene ring substituents is 1. The first-order valence-electron chi connectivity index (χ1n) is 30.4. The molecule has 0 radical (unpaired) electrons. The van der Waals surface area contributed by atoms with Crippen LogP contribution in [0.4, 0.5) is 54.0 Å². The van der Waals surface area contributed by atoms with Gasteiger partial charge in [0.05, 0.1) is 85.7 Å². The van der Waals surface area contributed by atoms with Crippen molar-refractivity contribution in [3.8, 4) is 74.8 Å². The Morgan fingerprint density at radius 3 is 1.27 bits per heavy atom. The second kappa shape index (κ2) is 26.0. The van der Waals surface area contributed by atoms with Gasteiger partial charge in [0.15, 0.2) is 85.9 Å². The van der Waals surface area contributed by atoms with Crippen molar-refractivity contribution in [3.05, 3.63) is 257 Å². The molecule has 0 bridgehead atoms. The number of rotatable bonds is 6. The largest absolute Gasteiger partial charge is 0.462 e. The van der Waals surface area contributed by atoms with Gasteiger partial charge in [-0.2, -0.15) is 36.0 Å². The van der Waals surface area contributed by atoms with E-state index >= 15 is 0 Å². The highest BCUT2D eigenvalue weighted by Gasteiger charge is 2.37. The van der Waals surface area contributed by atoms with Gasteiger partial charge in [0, 0.05) is 47.5 Å². The van der Waals surface area contributed by atoms with Crippen LogP contribution in [0, 0.1) is 81.8 Å². The van der Waals surface area contributed by atoms with Crippen molar-refractivity contribution in [1.29, 1.82) is 5.26 Å². The predicted molar refractivity (Wildman–Crippen MR) is 351 cm³/mol. The van der Waals surface area contributed by atoms with Gasteiger partial charge in [0.1, 0.15) is 38.2 Å². The Kier molecular flexibility index (Phi) is 17.4. The van der Waals surface area contributed by atoms with E-state index in [2.05, 4.69) is 0 Å². The lowest BCUT2D eigenvalue weighted by Crippen LogP contribution is -2.22. The maximum atomic E-state index is 14.4. The third kappa shape index (κ3) is 11.7. The molecule has 12 aromatic rings. The molecule has 8 heterocycles. The van der Waals surface area contributed by atoms with Crippen LogP contribution < -0.4 is 40.7 Å². The average Bonchev–Trinajstić information content (AvgIpc) is 0.759. The fraction of sp³-hybridized carbons (Fsp3) is 0.111. The molecule has 0 aliphatic carbocycles. The summed E-state index contributed by atoms with van der Waals surface area (Å²) >= 11 is 5.96. The van der Waals surface area contributed by atoms with Crippen molar-refractivity contribution in [2.75, 3.05) is 13.2 Å². The number of carbonyl (C=O) groups is 3. The Morgan fingerprint density at radius 2 is 0.876 bits per heavy atom. The fourth-order valence-electron chi connectivity index (χ4n) is 11.9. The number of ether oxygens (including phenoxy) is 6. The number of pyridine rings is 4. The van der Waals surface area contributed by atoms with Crippen molar-refractivity contribution in [1.82, 2.24) is 18.3 Å². The van der Waals surface area contributed by atoms with Gasteiger partial charge >= 0.3 is 18.1 Å². The predicted octanol–water partition coefficient (Wildman–Crippen LogP) is 16.1. The molecule has 0 unspecified atom stereocenters. The molecule has 8 aromatic carbocycles. The molecule has 4 aromatic heterocycles. The highest BCUT2D eigenvalue weighted by molar-refractivity contribution is 6.33. The van der Waals surface area contributed by atoms with Crippen LogP contribution in [0.1, 0.15) is 74.1 Å². The second-order valence-corrected chi connectivity index (χ2v) is 23.6. The van der Waals surface area contributed by atoms with E-state index in [4.69, 9.17) is 45.3 Å². The third-order valence-electron chi connectivity index (χ3n) is 16.8. The summed E-state index contributed by atoms with van der Waals surface area (Å²) in [6.07, 6.45) is 0.582. The number of hydrogen-bond acceptors (Lipinski definition) is 16. The lowest BCUT2D eigenvalue weighted by molar-refractivity contribution is -0.384. The number of esters is 2. The van der Waals surface area contributed by atoms with E-state index in [-0.39, 0.29) is 124 Å². The summed E-state index contributed by atoms with van der Waals surface area (Å²) in [5.41, 5.74) is -2.37. The van der Waals surface area contributed by atoms with Crippen molar-refractivity contribution >= 4 is 78.6 Å². The third-order valence-corrected chi connectivity index (χ3v) is 17.1. The van der Waals surface area contributed by atoms with E-state index in [1.54, 1.807) is 36.7 Å². The van der Waals surface area contributed by atoms with Crippen LogP contribution in [0.5, 0.6) is 46.0 Å². The zero-order valence-corrected chi connectivity index (χ0v) is 54.5. The number of carbonyl (C=O) groups excluding carboxylic acids is 3.